The molecule has 1 atom stereocenters. The van der Waals surface area contributed by atoms with E-state index in [-0.39, 0.29) is 6.10 Å². The summed E-state index contributed by atoms with van der Waals surface area (Å²) < 4.78 is 5.18. The summed E-state index contributed by atoms with van der Waals surface area (Å²) in [5.41, 5.74) is 0. The van der Waals surface area contributed by atoms with Gasteiger partial charge in [-0.2, -0.15) is 0 Å². The molecule has 0 aliphatic carbocycles. The molecule has 1 unspecified atom stereocenters. The van der Waals surface area contributed by atoms with Gasteiger partial charge in [0.25, 0.3) is 0 Å². The minimum absolute atomic E-state index is 0.374. The van der Waals surface area contributed by atoms with Gasteiger partial charge in [-0.15, -0.1) is 0 Å². The lowest BCUT2D eigenvalue weighted by Crippen LogP contribution is -2.06. The highest BCUT2D eigenvalue weighted by molar-refractivity contribution is 4.73. The van der Waals surface area contributed by atoms with Crippen molar-refractivity contribution in [3.8, 4) is 0 Å². The number of aliphatic hydroxyl groups excluding tert-OH is 1. The highest BCUT2D eigenvalue weighted by atomic mass is 16.5. The number of allylic oxidation sites excluding steroid dienone is 1. The molecule has 0 heterocycles. The fraction of sp³-hybridized carbons (Fsp3) is 0.905. The molecule has 0 spiro atoms. The van der Waals surface area contributed by atoms with Crippen LogP contribution in [0.15, 0.2) is 12.3 Å². The quantitative estimate of drug-likeness (QED) is 0.222. The van der Waals surface area contributed by atoms with E-state index < -0.39 is 0 Å². The minimum Gasteiger partial charge on any atom is -0.499 e. The third-order valence-corrected chi connectivity index (χ3v) is 4.25. The molecule has 0 aliphatic heterocycles. The van der Waals surface area contributed by atoms with Crippen molar-refractivity contribution < 1.29 is 9.84 Å². The Morgan fingerprint density at radius 2 is 1.17 bits per heavy atom. The van der Waals surface area contributed by atoms with Gasteiger partial charge < -0.3 is 9.84 Å². The maximum absolute atomic E-state index is 9.03. The van der Waals surface area contributed by atoms with Crippen molar-refractivity contribution in [2.24, 2.45) is 0 Å². The fourth-order valence-corrected chi connectivity index (χ4v) is 2.79. The summed E-state index contributed by atoms with van der Waals surface area (Å²) in [5.74, 6) is 0. The lowest BCUT2D eigenvalue weighted by Gasteiger charge is -2.03. The smallest absolute Gasteiger partial charge is 0.113 e. The van der Waals surface area contributed by atoms with Crippen LogP contribution in [-0.2, 0) is 4.74 Å². The zero-order chi connectivity index (χ0) is 17.0. The SMILES string of the molecule is CCCCCCCCCCCCCCCCC=COCC(C)O. The normalized spacial score (nSPS) is 12.8. The Kier molecular flexibility index (Phi) is 19.1. The highest BCUT2D eigenvalue weighted by Gasteiger charge is 1.94. The van der Waals surface area contributed by atoms with Crippen LogP contribution in [0.25, 0.3) is 0 Å². The molecule has 0 aromatic heterocycles. The third kappa shape index (κ3) is 21.5. The Labute approximate surface area is 145 Å². The molecule has 0 aromatic rings. The van der Waals surface area contributed by atoms with Gasteiger partial charge in [0.1, 0.15) is 6.61 Å². The van der Waals surface area contributed by atoms with E-state index in [0.717, 1.165) is 6.42 Å². The van der Waals surface area contributed by atoms with E-state index in [9.17, 15) is 0 Å². The maximum atomic E-state index is 9.03. The van der Waals surface area contributed by atoms with Gasteiger partial charge in [0.15, 0.2) is 0 Å². The first-order chi connectivity index (χ1) is 11.3. The topological polar surface area (TPSA) is 29.5 Å². The lowest BCUT2D eigenvalue weighted by molar-refractivity contribution is 0.0973. The first-order valence-electron chi connectivity index (χ1n) is 10.2. The second-order valence-corrected chi connectivity index (χ2v) is 6.94. The molecule has 0 amide bonds. The van der Waals surface area contributed by atoms with Crippen LogP contribution in [0.2, 0.25) is 0 Å². The second-order valence-electron chi connectivity index (χ2n) is 6.94. The van der Waals surface area contributed by atoms with Crippen LogP contribution in [0.3, 0.4) is 0 Å². The molecule has 0 saturated heterocycles. The molecular formula is C21H42O2. The molecule has 23 heavy (non-hydrogen) atoms. The summed E-state index contributed by atoms with van der Waals surface area (Å²) in [6, 6.07) is 0. The highest BCUT2D eigenvalue weighted by Crippen LogP contribution is 2.13. The van der Waals surface area contributed by atoms with E-state index >= 15 is 0 Å². The molecule has 0 saturated carbocycles. The van der Waals surface area contributed by atoms with Crippen molar-refractivity contribution in [3.63, 3.8) is 0 Å². The van der Waals surface area contributed by atoms with E-state index in [1.807, 2.05) is 0 Å². The van der Waals surface area contributed by atoms with Crippen molar-refractivity contribution in [1.82, 2.24) is 0 Å². The maximum Gasteiger partial charge on any atom is 0.113 e. The van der Waals surface area contributed by atoms with E-state index in [1.54, 1.807) is 13.2 Å². The van der Waals surface area contributed by atoms with Gasteiger partial charge in [-0.25, -0.2) is 0 Å². The van der Waals surface area contributed by atoms with Crippen LogP contribution in [0.5, 0.6) is 0 Å². The van der Waals surface area contributed by atoms with Gasteiger partial charge in [-0.1, -0.05) is 90.4 Å². The summed E-state index contributed by atoms with van der Waals surface area (Å²) in [6.07, 6.45) is 24.2. The van der Waals surface area contributed by atoms with Crippen molar-refractivity contribution in [1.29, 1.82) is 0 Å². The molecule has 0 aliphatic rings. The molecule has 0 bridgehead atoms. The van der Waals surface area contributed by atoms with E-state index in [2.05, 4.69) is 13.0 Å². The number of hydrogen-bond donors (Lipinski definition) is 1. The van der Waals surface area contributed by atoms with Crippen molar-refractivity contribution in [3.05, 3.63) is 12.3 Å². The molecule has 1 N–H and O–H groups in total. The monoisotopic (exact) mass is 326 g/mol. The predicted octanol–water partition coefficient (Wildman–Crippen LogP) is 6.77. The zero-order valence-electron chi connectivity index (χ0n) is 15.9. The molecule has 2 nitrogen and oxygen atoms in total. The molecule has 0 aromatic carbocycles. The van der Waals surface area contributed by atoms with Crippen LogP contribution in [-0.4, -0.2) is 17.8 Å². The Morgan fingerprint density at radius 1 is 0.739 bits per heavy atom. The van der Waals surface area contributed by atoms with Crippen molar-refractivity contribution >= 4 is 0 Å². The lowest BCUT2D eigenvalue weighted by atomic mass is 10.0. The van der Waals surface area contributed by atoms with Crippen molar-refractivity contribution in [2.45, 2.75) is 116 Å². The van der Waals surface area contributed by atoms with Gasteiger partial charge in [0.2, 0.25) is 0 Å². The van der Waals surface area contributed by atoms with Crippen LogP contribution in [0.4, 0.5) is 0 Å². The number of ether oxygens (including phenoxy) is 1. The van der Waals surface area contributed by atoms with E-state index in [4.69, 9.17) is 9.84 Å². The van der Waals surface area contributed by atoms with E-state index in [0.29, 0.717) is 6.61 Å². The first-order valence-corrected chi connectivity index (χ1v) is 10.2. The molecule has 138 valence electrons. The van der Waals surface area contributed by atoms with Gasteiger partial charge >= 0.3 is 0 Å². The van der Waals surface area contributed by atoms with Gasteiger partial charge in [-0.05, 0) is 25.8 Å². The minimum atomic E-state index is -0.374. The average molecular weight is 327 g/mol. The van der Waals surface area contributed by atoms with Crippen molar-refractivity contribution in [2.75, 3.05) is 6.61 Å². The Hall–Kier alpha value is -0.500. The van der Waals surface area contributed by atoms with E-state index in [1.165, 1.54) is 89.9 Å². The Balaban J connectivity index is 3.02. The number of unbranched alkanes of at least 4 members (excludes halogenated alkanes) is 14. The number of aliphatic hydroxyl groups is 1. The van der Waals surface area contributed by atoms with Gasteiger partial charge in [0, 0.05) is 0 Å². The average Bonchev–Trinajstić information content (AvgIpc) is 2.53. The molecule has 0 fully saturated rings. The zero-order valence-corrected chi connectivity index (χ0v) is 15.9. The fourth-order valence-electron chi connectivity index (χ4n) is 2.79. The summed E-state index contributed by atoms with van der Waals surface area (Å²) in [7, 11) is 0. The summed E-state index contributed by atoms with van der Waals surface area (Å²) in [5, 5.41) is 9.03. The summed E-state index contributed by atoms with van der Waals surface area (Å²) >= 11 is 0. The standard InChI is InChI=1S/C21H42O2/c1-3-4-5-6-7-8-9-10-11-12-13-14-15-16-17-18-19-23-20-21(2)22/h18-19,21-22H,3-17,20H2,1-2H3. The predicted molar refractivity (Wildman–Crippen MR) is 102 cm³/mol. The van der Waals surface area contributed by atoms with Crippen LogP contribution >= 0.6 is 0 Å². The third-order valence-electron chi connectivity index (χ3n) is 4.25. The van der Waals surface area contributed by atoms with Gasteiger partial charge in [0.05, 0.1) is 12.4 Å². The Bertz CT molecular complexity index is 236. The first kappa shape index (κ1) is 22.5. The molecule has 2 heteroatoms. The molecule has 0 radical (unpaired) electrons. The molecule has 0 rings (SSSR count). The summed E-state index contributed by atoms with van der Waals surface area (Å²) in [4.78, 5) is 0. The summed E-state index contributed by atoms with van der Waals surface area (Å²) in [6.45, 7) is 4.42. The van der Waals surface area contributed by atoms with Crippen LogP contribution < -0.4 is 0 Å². The second kappa shape index (κ2) is 19.5. The Morgan fingerprint density at radius 3 is 1.61 bits per heavy atom. The van der Waals surface area contributed by atoms with Crippen LogP contribution in [0, 0.1) is 0 Å². The number of rotatable bonds is 18. The number of hydrogen-bond acceptors (Lipinski definition) is 2. The van der Waals surface area contributed by atoms with Crippen LogP contribution in [0.1, 0.15) is 110 Å². The largest absolute Gasteiger partial charge is 0.499 e. The molecular weight excluding hydrogens is 284 g/mol. The van der Waals surface area contributed by atoms with Gasteiger partial charge in [-0.3, -0.25) is 0 Å².